The van der Waals surface area contributed by atoms with E-state index in [1.165, 1.54) is 0 Å². The molecule has 24 heavy (non-hydrogen) atoms. The minimum Gasteiger partial charge on any atom is -0.493 e. The quantitative estimate of drug-likeness (QED) is 0.700. The number of nitrogens with zero attached hydrogens (tertiary/aromatic N) is 2. The predicted octanol–water partition coefficient (Wildman–Crippen LogP) is 0.664. The monoisotopic (exact) mass is 352 g/mol. The van der Waals surface area contributed by atoms with E-state index in [1.54, 1.807) is 23.8 Å². The van der Waals surface area contributed by atoms with Gasteiger partial charge in [0.25, 0.3) is 11.1 Å². The van der Waals surface area contributed by atoms with Crippen molar-refractivity contribution < 1.29 is 23.5 Å². The Morgan fingerprint density at radius 1 is 1.17 bits per heavy atom. The Morgan fingerprint density at radius 2 is 1.96 bits per heavy atom. The molecule has 0 bridgehead atoms. The average molecular weight is 352 g/mol. The summed E-state index contributed by atoms with van der Waals surface area (Å²) in [6.07, 6.45) is 0. The lowest BCUT2D eigenvalue weighted by atomic mass is 10.3. The SMILES string of the molecule is COc1ccccc1OCc1nnc(SCC[NH+]2CCOCC2)o1. The van der Waals surface area contributed by atoms with Crippen molar-refractivity contribution in [3.05, 3.63) is 30.2 Å². The normalized spacial score (nSPS) is 15.4. The van der Waals surface area contributed by atoms with Crippen molar-refractivity contribution in [1.29, 1.82) is 0 Å². The second kappa shape index (κ2) is 8.91. The van der Waals surface area contributed by atoms with Crippen LogP contribution in [0.25, 0.3) is 0 Å². The number of benzene rings is 1. The van der Waals surface area contributed by atoms with E-state index >= 15 is 0 Å². The smallest absolute Gasteiger partial charge is 0.276 e. The number of hydrogen-bond acceptors (Lipinski definition) is 7. The van der Waals surface area contributed by atoms with Gasteiger partial charge in [-0.15, -0.1) is 10.2 Å². The van der Waals surface area contributed by atoms with Gasteiger partial charge in [0.1, 0.15) is 13.1 Å². The van der Waals surface area contributed by atoms with Gasteiger partial charge in [0.05, 0.1) is 32.6 Å². The molecule has 0 amide bonds. The van der Waals surface area contributed by atoms with Gasteiger partial charge in [-0.25, -0.2) is 0 Å². The average Bonchev–Trinajstić information content (AvgIpc) is 3.09. The van der Waals surface area contributed by atoms with Crippen molar-refractivity contribution in [3.63, 3.8) is 0 Å². The standard InChI is InChI=1S/C16H21N3O4S/c1-20-13-4-2-3-5-14(13)22-12-15-17-18-16(23-15)24-11-8-19-6-9-21-10-7-19/h2-5H,6-12H2,1H3/p+1. The second-order valence-electron chi connectivity index (χ2n) is 5.36. The van der Waals surface area contributed by atoms with Crippen LogP contribution >= 0.6 is 11.8 Å². The molecule has 0 unspecified atom stereocenters. The number of rotatable bonds is 8. The Morgan fingerprint density at radius 3 is 2.75 bits per heavy atom. The minimum absolute atomic E-state index is 0.225. The summed E-state index contributed by atoms with van der Waals surface area (Å²) in [5.41, 5.74) is 0. The Labute approximate surface area is 145 Å². The van der Waals surface area contributed by atoms with Crippen molar-refractivity contribution >= 4 is 11.8 Å². The van der Waals surface area contributed by atoms with Gasteiger partial charge in [0.15, 0.2) is 18.1 Å². The second-order valence-corrected chi connectivity index (χ2v) is 6.41. The summed E-state index contributed by atoms with van der Waals surface area (Å²) in [4.78, 5) is 1.56. The number of nitrogens with one attached hydrogen (secondary N) is 1. The first-order valence-corrected chi connectivity index (χ1v) is 8.96. The van der Waals surface area contributed by atoms with Crippen LogP contribution in [0.3, 0.4) is 0 Å². The zero-order valence-corrected chi connectivity index (χ0v) is 14.5. The largest absolute Gasteiger partial charge is 0.493 e. The molecule has 1 aromatic heterocycles. The fourth-order valence-electron chi connectivity index (χ4n) is 2.43. The van der Waals surface area contributed by atoms with Crippen LogP contribution in [-0.2, 0) is 11.3 Å². The van der Waals surface area contributed by atoms with Crippen LogP contribution in [0.15, 0.2) is 33.9 Å². The Kier molecular flexibility index (Phi) is 6.33. The van der Waals surface area contributed by atoms with Crippen LogP contribution in [0.2, 0.25) is 0 Å². The number of para-hydroxylation sites is 2. The summed E-state index contributed by atoms with van der Waals surface area (Å²) in [5, 5.41) is 8.66. The van der Waals surface area contributed by atoms with Gasteiger partial charge in [-0.3, -0.25) is 0 Å². The third kappa shape index (κ3) is 4.86. The first-order valence-electron chi connectivity index (χ1n) is 7.97. The fraction of sp³-hybridized carbons (Fsp3) is 0.500. The topological polar surface area (TPSA) is 71.0 Å². The molecule has 1 saturated heterocycles. The molecule has 0 aliphatic carbocycles. The molecule has 0 radical (unpaired) electrons. The highest BCUT2D eigenvalue weighted by atomic mass is 32.2. The first-order chi connectivity index (χ1) is 11.8. The lowest BCUT2D eigenvalue weighted by Crippen LogP contribution is -3.14. The van der Waals surface area contributed by atoms with E-state index in [0.717, 1.165) is 38.6 Å². The summed E-state index contributed by atoms with van der Waals surface area (Å²) in [6, 6.07) is 7.47. The van der Waals surface area contributed by atoms with Gasteiger partial charge in [-0.05, 0) is 12.1 Å². The number of morpholine rings is 1. The number of aromatic nitrogens is 2. The highest BCUT2D eigenvalue weighted by Crippen LogP contribution is 2.26. The van der Waals surface area contributed by atoms with E-state index in [2.05, 4.69) is 10.2 Å². The maximum atomic E-state index is 5.68. The van der Waals surface area contributed by atoms with Gasteiger partial charge >= 0.3 is 0 Å². The molecular weight excluding hydrogens is 330 g/mol. The van der Waals surface area contributed by atoms with Gasteiger partial charge in [0, 0.05) is 0 Å². The van der Waals surface area contributed by atoms with Gasteiger partial charge in [0.2, 0.25) is 0 Å². The number of methoxy groups -OCH3 is 1. The third-order valence-electron chi connectivity index (χ3n) is 3.75. The molecule has 0 saturated carbocycles. The van der Waals surface area contributed by atoms with Gasteiger partial charge < -0.3 is 23.5 Å². The van der Waals surface area contributed by atoms with E-state index < -0.39 is 0 Å². The van der Waals surface area contributed by atoms with Crippen molar-refractivity contribution in [2.45, 2.75) is 11.8 Å². The zero-order chi connectivity index (χ0) is 16.6. The molecule has 1 aliphatic rings. The predicted molar refractivity (Wildman–Crippen MR) is 88.7 cm³/mol. The molecule has 1 aromatic carbocycles. The molecule has 1 fully saturated rings. The van der Waals surface area contributed by atoms with E-state index in [9.17, 15) is 0 Å². The molecule has 130 valence electrons. The summed E-state index contributed by atoms with van der Waals surface area (Å²) in [7, 11) is 1.61. The van der Waals surface area contributed by atoms with Crippen molar-refractivity contribution in [2.75, 3.05) is 45.7 Å². The number of hydrogen-bond donors (Lipinski definition) is 1. The third-order valence-corrected chi connectivity index (χ3v) is 4.57. The Hall–Kier alpha value is -1.77. The van der Waals surface area contributed by atoms with Crippen molar-refractivity contribution in [3.8, 4) is 11.5 Å². The highest BCUT2D eigenvalue weighted by Gasteiger charge is 2.14. The van der Waals surface area contributed by atoms with Crippen molar-refractivity contribution in [2.24, 2.45) is 0 Å². The van der Waals surface area contributed by atoms with Crippen LogP contribution in [0.5, 0.6) is 11.5 Å². The van der Waals surface area contributed by atoms with Crippen LogP contribution in [0, 0.1) is 0 Å². The van der Waals surface area contributed by atoms with E-state index in [1.807, 2.05) is 24.3 Å². The van der Waals surface area contributed by atoms with Gasteiger partial charge in [-0.2, -0.15) is 0 Å². The van der Waals surface area contributed by atoms with E-state index in [-0.39, 0.29) is 6.61 Å². The molecule has 1 N–H and O–H groups in total. The highest BCUT2D eigenvalue weighted by molar-refractivity contribution is 7.99. The van der Waals surface area contributed by atoms with Crippen LogP contribution in [0.1, 0.15) is 5.89 Å². The number of quaternary nitrogens is 1. The number of thioether (sulfide) groups is 1. The fourth-order valence-corrected chi connectivity index (χ4v) is 3.24. The lowest BCUT2D eigenvalue weighted by molar-refractivity contribution is -0.905. The zero-order valence-electron chi connectivity index (χ0n) is 13.7. The molecular formula is C16H22N3O4S+. The van der Waals surface area contributed by atoms with Crippen molar-refractivity contribution in [1.82, 2.24) is 10.2 Å². The molecule has 1 aliphatic heterocycles. The lowest BCUT2D eigenvalue weighted by Gasteiger charge is -2.23. The first kappa shape index (κ1) is 17.1. The van der Waals surface area contributed by atoms with Crippen LogP contribution < -0.4 is 14.4 Å². The van der Waals surface area contributed by atoms with E-state index in [0.29, 0.717) is 22.6 Å². The molecule has 2 heterocycles. The Bertz CT molecular complexity index is 631. The van der Waals surface area contributed by atoms with Gasteiger partial charge in [-0.1, -0.05) is 23.9 Å². The summed E-state index contributed by atoms with van der Waals surface area (Å²) in [6.45, 7) is 5.15. The summed E-state index contributed by atoms with van der Waals surface area (Å²) in [5.74, 6) is 2.75. The van der Waals surface area contributed by atoms with Crippen LogP contribution in [0.4, 0.5) is 0 Å². The molecule has 3 rings (SSSR count). The maximum Gasteiger partial charge on any atom is 0.276 e. The minimum atomic E-state index is 0.225. The summed E-state index contributed by atoms with van der Waals surface area (Å²) >= 11 is 1.58. The van der Waals surface area contributed by atoms with E-state index in [4.69, 9.17) is 18.6 Å². The molecule has 0 spiro atoms. The van der Waals surface area contributed by atoms with Crippen LogP contribution in [-0.4, -0.2) is 55.9 Å². The molecule has 8 heteroatoms. The molecule has 0 atom stereocenters. The number of ether oxygens (including phenoxy) is 3. The maximum absolute atomic E-state index is 5.68. The summed E-state index contributed by atoms with van der Waals surface area (Å²) < 4.78 is 21.9. The molecule has 7 nitrogen and oxygen atoms in total. The molecule has 2 aromatic rings. The Balaban J connectivity index is 1.43.